The molecule has 7 heteroatoms. The number of hydrogen-bond acceptors (Lipinski definition) is 5. The first-order valence-electron chi connectivity index (χ1n) is 7.54. The van der Waals surface area contributed by atoms with Gasteiger partial charge in [-0.25, -0.2) is 0 Å². The van der Waals surface area contributed by atoms with Crippen LogP contribution in [0.25, 0.3) is 0 Å². The molecule has 0 atom stereocenters. The van der Waals surface area contributed by atoms with Gasteiger partial charge in [0.05, 0.1) is 20.8 Å². The van der Waals surface area contributed by atoms with Gasteiger partial charge in [-0.2, -0.15) is 0 Å². The number of rotatable bonds is 5. The standard InChI is InChI=1S/C16H23N3O4/c1-17-11-15(20)18-6-8-19(9-7-18)16(21)12-4-5-13(22-2)14(10-12)23-3/h4-5,10,17H,6-9,11H2,1-3H3. The van der Waals surface area contributed by atoms with Gasteiger partial charge in [0.15, 0.2) is 11.5 Å². The molecular weight excluding hydrogens is 298 g/mol. The van der Waals surface area contributed by atoms with Crippen LogP contribution >= 0.6 is 0 Å². The minimum atomic E-state index is -0.0633. The molecule has 7 nitrogen and oxygen atoms in total. The number of carbonyl (C=O) groups is 2. The molecule has 0 unspecified atom stereocenters. The second-order valence-corrected chi connectivity index (χ2v) is 5.27. The van der Waals surface area contributed by atoms with Gasteiger partial charge in [0.25, 0.3) is 5.91 Å². The Morgan fingerprint density at radius 3 is 2.22 bits per heavy atom. The van der Waals surface area contributed by atoms with Gasteiger partial charge in [-0.3, -0.25) is 9.59 Å². The van der Waals surface area contributed by atoms with Gasteiger partial charge in [-0.15, -0.1) is 0 Å². The molecule has 0 saturated carbocycles. The number of benzene rings is 1. The maximum Gasteiger partial charge on any atom is 0.254 e. The van der Waals surface area contributed by atoms with Crippen molar-refractivity contribution in [2.24, 2.45) is 0 Å². The van der Waals surface area contributed by atoms with Gasteiger partial charge >= 0.3 is 0 Å². The molecular formula is C16H23N3O4. The van der Waals surface area contributed by atoms with Crippen molar-refractivity contribution in [1.82, 2.24) is 15.1 Å². The number of amides is 2. The molecule has 1 aromatic rings. The number of nitrogens with zero attached hydrogens (tertiary/aromatic N) is 2. The first-order valence-corrected chi connectivity index (χ1v) is 7.54. The monoisotopic (exact) mass is 321 g/mol. The highest BCUT2D eigenvalue weighted by Gasteiger charge is 2.25. The van der Waals surface area contributed by atoms with Crippen molar-refractivity contribution < 1.29 is 19.1 Å². The molecule has 0 aliphatic carbocycles. The van der Waals surface area contributed by atoms with E-state index in [1.54, 1.807) is 42.2 Å². The van der Waals surface area contributed by atoms with E-state index in [0.717, 1.165) is 0 Å². The third-order valence-corrected chi connectivity index (χ3v) is 3.88. The third kappa shape index (κ3) is 3.92. The van der Waals surface area contributed by atoms with E-state index in [1.807, 2.05) is 0 Å². The van der Waals surface area contributed by atoms with Gasteiger partial charge in [0.1, 0.15) is 0 Å². The summed E-state index contributed by atoms with van der Waals surface area (Å²) in [6.07, 6.45) is 0. The van der Waals surface area contributed by atoms with Gasteiger partial charge in [-0.05, 0) is 25.2 Å². The second-order valence-electron chi connectivity index (χ2n) is 5.27. The van der Waals surface area contributed by atoms with Crippen LogP contribution in [-0.4, -0.2) is 75.6 Å². The largest absolute Gasteiger partial charge is 0.493 e. The molecule has 23 heavy (non-hydrogen) atoms. The quantitative estimate of drug-likeness (QED) is 0.839. The van der Waals surface area contributed by atoms with E-state index in [0.29, 0.717) is 49.8 Å². The summed E-state index contributed by atoms with van der Waals surface area (Å²) < 4.78 is 10.4. The fraction of sp³-hybridized carbons (Fsp3) is 0.500. The normalized spacial score (nSPS) is 14.6. The van der Waals surface area contributed by atoms with E-state index in [1.165, 1.54) is 7.11 Å². The van der Waals surface area contributed by atoms with E-state index in [9.17, 15) is 9.59 Å². The zero-order valence-corrected chi connectivity index (χ0v) is 13.8. The highest BCUT2D eigenvalue weighted by Crippen LogP contribution is 2.28. The minimum Gasteiger partial charge on any atom is -0.493 e. The number of ether oxygens (including phenoxy) is 2. The van der Waals surface area contributed by atoms with E-state index >= 15 is 0 Å². The highest BCUT2D eigenvalue weighted by atomic mass is 16.5. The lowest BCUT2D eigenvalue weighted by Crippen LogP contribution is -2.52. The van der Waals surface area contributed by atoms with Crippen molar-refractivity contribution in [3.63, 3.8) is 0 Å². The molecule has 2 rings (SSSR count). The van der Waals surface area contributed by atoms with E-state index in [2.05, 4.69) is 5.32 Å². The third-order valence-electron chi connectivity index (χ3n) is 3.88. The highest BCUT2D eigenvalue weighted by molar-refractivity contribution is 5.95. The Labute approximate surface area is 136 Å². The van der Waals surface area contributed by atoms with Gasteiger partial charge in [0, 0.05) is 31.7 Å². The van der Waals surface area contributed by atoms with Crippen molar-refractivity contribution in [3.8, 4) is 11.5 Å². The Balaban J connectivity index is 2.01. The fourth-order valence-electron chi connectivity index (χ4n) is 2.57. The average Bonchev–Trinajstić information content (AvgIpc) is 2.60. The summed E-state index contributed by atoms with van der Waals surface area (Å²) in [5.74, 6) is 1.12. The lowest BCUT2D eigenvalue weighted by molar-refractivity contribution is -0.131. The molecule has 2 amide bonds. The molecule has 1 fully saturated rings. The molecule has 1 heterocycles. The summed E-state index contributed by atoms with van der Waals surface area (Å²) in [6.45, 7) is 2.49. The Bertz CT molecular complexity index is 568. The number of piperazine rings is 1. The zero-order chi connectivity index (χ0) is 16.8. The van der Waals surface area contributed by atoms with Crippen molar-refractivity contribution in [2.75, 3.05) is 54.0 Å². The lowest BCUT2D eigenvalue weighted by atomic mass is 10.1. The SMILES string of the molecule is CNCC(=O)N1CCN(C(=O)c2ccc(OC)c(OC)c2)CC1. The van der Waals surface area contributed by atoms with Crippen LogP contribution in [-0.2, 0) is 4.79 Å². The van der Waals surface area contributed by atoms with Gasteiger partial charge in [0.2, 0.25) is 5.91 Å². The predicted octanol–water partition coefficient (Wildman–Crippen LogP) is 0.208. The van der Waals surface area contributed by atoms with Crippen LogP contribution in [0.1, 0.15) is 10.4 Å². The van der Waals surface area contributed by atoms with Crippen LogP contribution in [0.5, 0.6) is 11.5 Å². The fourth-order valence-corrected chi connectivity index (χ4v) is 2.57. The average molecular weight is 321 g/mol. The Hall–Kier alpha value is -2.28. The molecule has 126 valence electrons. The Morgan fingerprint density at radius 2 is 1.65 bits per heavy atom. The van der Waals surface area contributed by atoms with E-state index in [-0.39, 0.29) is 11.8 Å². The Morgan fingerprint density at radius 1 is 1.04 bits per heavy atom. The number of hydrogen-bond donors (Lipinski definition) is 1. The summed E-state index contributed by atoms with van der Waals surface area (Å²) in [5.41, 5.74) is 0.553. The molecule has 0 bridgehead atoms. The number of likely N-dealkylation sites (N-methyl/N-ethyl adjacent to an activating group) is 1. The zero-order valence-electron chi connectivity index (χ0n) is 13.8. The number of methoxy groups -OCH3 is 2. The van der Waals surface area contributed by atoms with Crippen LogP contribution in [0.15, 0.2) is 18.2 Å². The van der Waals surface area contributed by atoms with Crippen molar-refractivity contribution in [3.05, 3.63) is 23.8 Å². The van der Waals surface area contributed by atoms with E-state index in [4.69, 9.17) is 9.47 Å². The minimum absolute atomic E-state index is 0.0608. The summed E-state index contributed by atoms with van der Waals surface area (Å²) in [4.78, 5) is 27.9. The molecule has 1 aromatic carbocycles. The van der Waals surface area contributed by atoms with E-state index < -0.39 is 0 Å². The van der Waals surface area contributed by atoms with Crippen LogP contribution < -0.4 is 14.8 Å². The number of nitrogens with one attached hydrogen (secondary N) is 1. The van der Waals surface area contributed by atoms with Crippen LogP contribution in [0, 0.1) is 0 Å². The molecule has 1 aliphatic heterocycles. The van der Waals surface area contributed by atoms with Crippen molar-refractivity contribution >= 4 is 11.8 Å². The van der Waals surface area contributed by atoms with Crippen LogP contribution in [0.4, 0.5) is 0 Å². The summed E-state index contributed by atoms with van der Waals surface area (Å²) in [7, 11) is 4.84. The molecule has 1 aliphatic rings. The molecule has 0 aromatic heterocycles. The Kier molecular flexibility index (Phi) is 5.81. The summed E-state index contributed by atoms with van der Waals surface area (Å²) >= 11 is 0. The number of carbonyl (C=O) groups excluding carboxylic acids is 2. The van der Waals surface area contributed by atoms with Gasteiger partial charge < -0.3 is 24.6 Å². The van der Waals surface area contributed by atoms with Crippen LogP contribution in [0.2, 0.25) is 0 Å². The predicted molar refractivity (Wildman–Crippen MR) is 86.0 cm³/mol. The lowest BCUT2D eigenvalue weighted by Gasteiger charge is -2.34. The topological polar surface area (TPSA) is 71.1 Å². The van der Waals surface area contributed by atoms with Crippen molar-refractivity contribution in [2.45, 2.75) is 0 Å². The molecule has 1 saturated heterocycles. The molecule has 0 radical (unpaired) electrons. The maximum atomic E-state index is 12.6. The maximum absolute atomic E-state index is 12.6. The smallest absolute Gasteiger partial charge is 0.254 e. The molecule has 0 spiro atoms. The van der Waals surface area contributed by atoms with Crippen molar-refractivity contribution in [1.29, 1.82) is 0 Å². The summed E-state index contributed by atoms with van der Waals surface area (Å²) in [5, 5.41) is 2.85. The first-order chi connectivity index (χ1) is 11.1. The first kappa shape index (κ1) is 17.1. The molecule has 1 N–H and O–H groups in total. The van der Waals surface area contributed by atoms with Gasteiger partial charge in [-0.1, -0.05) is 0 Å². The second kappa shape index (κ2) is 7.82. The summed E-state index contributed by atoms with van der Waals surface area (Å²) in [6, 6.07) is 5.13. The van der Waals surface area contributed by atoms with Crippen LogP contribution in [0.3, 0.4) is 0 Å².